The largest absolute Gasteiger partial charge is 0.375 e. The summed E-state index contributed by atoms with van der Waals surface area (Å²) in [5.74, 6) is -0.286. The van der Waals surface area contributed by atoms with Crippen LogP contribution in [0, 0.1) is 5.41 Å². The third-order valence-corrected chi connectivity index (χ3v) is 3.52. The van der Waals surface area contributed by atoms with Crippen molar-refractivity contribution in [2.45, 2.75) is 13.0 Å². The lowest BCUT2D eigenvalue weighted by Crippen LogP contribution is -2.48. The Labute approximate surface area is 147 Å². The first kappa shape index (κ1) is 18.4. The summed E-state index contributed by atoms with van der Waals surface area (Å²) in [5.41, 5.74) is 7.57. The number of nitrogens with one attached hydrogen (secondary N) is 2. The van der Waals surface area contributed by atoms with E-state index in [9.17, 15) is 4.79 Å². The van der Waals surface area contributed by atoms with Crippen LogP contribution in [0.2, 0.25) is 0 Å². The van der Waals surface area contributed by atoms with Gasteiger partial charge >= 0.3 is 6.03 Å². The number of nitrogens with two attached hydrogens (primary N) is 1. The molecule has 0 unspecified atom stereocenters. The second-order valence-corrected chi connectivity index (χ2v) is 5.42. The van der Waals surface area contributed by atoms with Crippen LogP contribution in [0.4, 0.5) is 4.79 Å². The molecule has 7 heteroatoms. The van der Waals surface area contributed by atoms with Crippen LogP contribution in [0.5, 0.6) is 0 Å². The molecule has 2 amide bonds. The standard InChI is InChI=1S/C18H23N5O2/c19-17(20)23(11-8-15-7-4-9-21-13-15)18(24)22-10-12-25-14-16-5-2-1-3-6-16/h1-7,9,13H,8,10-12,14H2,(H3,19,20)(H,22,24). The van der Waals surface area contributed by atoms with E-state index in [0.29, 0.717) is 32.7 Å². The van der Waals surface area contributed by atoms with Gasteiger partial charge in [-0.1, -0.05) is 36.4 Å². The minimum absolute atomic E-state index is 0.286. The number of guanidine groups is 1. The molecule has 132 valence electrons. The van der Waals surface area contributed by atoms with E-state index in [-0.39, 0.29) is 5.96 Å². The monoisotopic (exact) mass is 341 g/mol. The summed E-state index contributed by atoms with van der Waals surface area (Å²) in [5, 5.41) is 10.3. The van der Waals surface area contributed by atoms with E-state index in [1.165, 1.54) is 4.90 Å². The van der Waals surface area contributed by atoms with E-state index < -0.39 is 6.03 Å². The van der Waals surface area contributed by atoms with Crippen molar-refractivity contribution in [2.24, 2.45) is 5.73 Å². The van der Waals surface area contributed by atoms with Crippen LogP contribution in [0.15, 0.2) is 54.9 Å². The van der Waals surface area contributed by atoms with Crippen LogP contribution >= 0.6 is 0 Å². The van der Waals surface area contributed by atoms with Gasteiger partial charge in [-0.05, 0) is 23.6 Å². The fourth-order valence-electron chi connectivity index (χ4n) is 2.21. The Morgan fingerprint density at radius 3 is 2.64 bits per heavy atom. The highest BCUT2D eigenvalue weighted by atomic mass is 16.5. The van der Waals surface area contributed by atoms with Crippen molar-refractivity contribution in [2.75, 3.05) is 19.7 Å². The Bertz CT molecular complexity index is 664. The first-order chi connectivity index (χ1) is 12.2. The second-order valence-electron chi connectivity index (χ2n) is 5.42. The molecule has 1 heterocycles. The summed E-state index contributed by atoms with van der Waals surface area (Å²) >= 11 is 0. The van der Waals surface area contributed by atoms with Crippen LogP contribution in [0.1, 0.15) is 11.1 Å². The Kier molecular flexibility index (Phi) is 7.40. The highest BCUT2D eigenvalue weighted by Gasteiger charge is 2.15. The first-order valence-corrected chi connectivity index (χ1v) is 8.07. The van der Waals surface area contributed by atoms with Crippen LogP contribution < -0.4 is 11.1 Å². The molecule has 0 aliphatic rings. The third kappa shape index (κ3) is 6.60. The van der Waals surface area contributed by atoms with Gasteiger partial charge < -0.3 is 15.8 Å². The highest BCUT2D eigenvalue weighted by Crippen LogP contribution is 2.01. The van der Waals surface area contributed by atoms with Gasteiger partial charge in [0.25, 0.3) is 0 Å². The summed E-state index contributed by atoms with van der Waals surface area (Å²) in [6.07, 6.45) is 3.99. The van der Waals surface area contributed by atoms with Crippen molar-refractivity contribution >= 4 is 12.0 Å². The van der Waals surface area contributed by atoms with E-state index in [2.05, 4.69) is 10.3 Å². The van der Waals surface area contributed by atoms with Gasteiger partial charge in [0.2, 0.25) is 0 Å². The average Bonchev–Trinajstić information content (AvgIpc) is 2.63. The van der Waals surface area contributed by atoms with Crippen molar-refractivity contribution in [1.29, 1.82) is 5.41 Å². The van der Waals surface area contributed by atoms with Gasteiger partial charge in [-0.2, -0.15) is 0 Å². The minimum atomic E-state index is -0.403. The third-order valence-electron chi connectivity index (χ3n) is 3.52. The van der Waals surface area contributed by atoms with E-state index in [1.807, 2.05) is 42.5 Å². The molecule has 1 aromatic carbocycles. The molecule has 2 aromatic rings. The molecule has 0 fully saturated rings. The molecule has 0 aliphatic carbocycles. The van der Waals surface area contributed by atoms with Gasteiger partial charge in [0.05, 0.1) is 13.2 Å². The van der Waals surface area contributed by atoms with Crippen molar-refractivity contribution in [1.82, 2.24) is 15.2 Å². The molecule has 0 atom stereocenters. The number of aromatic nitrogens is 1. The quantitative estimate of drug-likeness (QED) is 0.386. The number of pyridine rings is 1. The first-order valence-electron chi connectivity index (χ1n) is 8.07. The van der Waals surface area contributed by atoms with Crippen LogP contribution in [0.3, 0.4) is 0 Å². The zero-order valence-corrected chi connectivity index (χ0v) is 14.0. The number of carbonyl (C=O) groups excluding carboxylic acids is 1. The number of carbonyl (C=O) groups is 1. The van der Waals surface area contributed by atoms with Gasteiger partial charge in [-0.3, -0.25) is 15.3 Å². The molecule has 0 aliphatic heterocycles. The fraction of sp³-hybridized carbons (Fsp3) is 0.278. The Morgan fingerprint density at radius 1 is 1.20 bits per heavy atom. The van der Waals surface area contributed by atoms with E-state index in [0.717, 1.165) is 11.1 Å². The molecule has 0 saturated carbocycles. The van der Waals surface area contributed by atoms with Crippen LogP contribution in [-0.2, 0) is 17.8 Å². The van der Waals surface area contributed by atoms with Crippen molar-refractivity contribution in [3.8, 4) is 0 Å². The lowest BCUT2D eigenvalue weighted by molar-refractivity contribution is 0.122. The molecular formula is C18H23N5O2. The minimum Gasteiger partial charge on any atom is -0.375 e. The molecule has 4 N–H and O–H groups in total. The number of urea groups is 1. The summed E-state index contributed by atoms with van der Waals surface area (Å²) < 4.78 is 5.51. The van der Waals surface area contributed by atoms with Crippen molar-refractivity contribution in [3.63, 3.8) is 0 Å². The molecule has 7 nitrogen and oxygen atoms in total. The SMILES string of the molecule is N=C(N)N(CCc1cccnc1)C(=O)NCCOCc1ccccc1. The van der Waals surface area contributed by atoms with Gasteiger partial charge in [0, 0.05) is 25.5 Å². The number of hydrogen-bond donors (Lipinski definition) is 3. The summed E-state index contributed by atoms with van der Waals surface area (Å²) in [6.45, 7) is 1.54. The zero-order valence-electron chi connectivity index (χ0n) is 14.0. The van der Waals surface area contributed by atoms with Gasteiger partial charge in [0.1, 0.15) is 0 Å². The number of nitrogens with zero attached hydrogens (tertiary/aromatic N) is 2. The van der Waals surface area contributed by atoms with Crippen molar-refractivity contribution < 1.29 is 9.53 Å². The van der Waals surface area contributed by atoms with E-state index in [4.69, 9.17) is 15.9 Å². The smallest absolute Gasteiger partial charge is 0.324 e. The normalized spacial score (nSPS) is 10.2. The number of benzene rings is 1. The Morgan fingerprint density at radius 2 is 1.96 bits per heavy atom. The number of rotatable bonds is 8. The van der Waals surface area contributed by atoms with E-state index >= 15 is 0 Å². The zero-order chi connectivity index (χ0) is 17.9. The molecule has 1 aromatic heterocycles. The Hall–Kier alpha value is -2.93. The van der Waals surface area contributed by atoms with Gasteiger partial charge in [-0.15, -0.1) is 0 Å². The molecule has 2 rings (SSSR count). The summed E-state index contributed by atoms with van der Waals surface area (Å²) in [4.78, 5) is 17.4. The van der Waals surface area contributed by atoms with E-state index in [1.54, 1.807) is 12.4 Å². The maximum absolute atomic E-state index is 12.2. The maximum atomic E-state index is 12.2. The van der Waals surface area contributed by atoms with Crippen LogP contribution in [0.25, 0.3) is 0 Å². The Balaban J connectivity index is 1.70. The number of amides is 2. The predicted molar refractivity (Wildman–Crippen MR) is 96.1 cm³/mol. The molecular weight excluding hydrogens is 318 g/mol. The lowest BCUT2D eigenvalue weighted by Gasteiger charge is -2.21. The lowest BCUT2D eigenvalue weighted by atomic mass is 10.2. The average molecular weight is 341 g/mol. The topological polar surface area (TPSA) is 104 Å². The van der Waals surface area contributed by atoms with Gasteiger partial charge in [-0.25, -0.2) is 4.79 Å². The summed E-state index contributed by atoms with van der Waals surface area (Å²) in [7, 11) is 0. The predicted octanol–water partition coefficient (Wildman–Crippen LogP) is 1.75. The fourth-order valence-corrected chi connectivity index (χ4v) is 2.21. The maximum Gasteiger partial charge on any atom is 0.324 e. The molecule has 0 bridgehead atoms. The molecule has 25 heavy (non-hydrogen) atoms. The number of ether oxygens (including phenoxy) is 1. The highest BCUT2D eigenvalue weighted by molar-refractivity contribution is 5.93. The molecule has 0 spiro atoms. The molecule has 0 radical (unpaired) electrons. The number of hydrogen-bond acceptors (Lipinski definition) is 4. The second kappa shape index (κ2) is 10.0. The molecule has 0 saturated heterocycles. The van der Waals surface area contributed by atoms with Gasteiger partial charge in [0.15, 0.2) is 5.96 Å². The summed E-state index contributed by atoms with van der Waals surface area (Å²) in [6, 6.07) is 13.2. The van der Waals surface area contributed by atoms with Crippen molar-refractivity contribution in [3.05, 3.63) is 66.0 Å². The van der Waals surface area contributed by atoms with Crippen LogP contribution in [-0.4, -0.2) is 41.6 Å².